The van der Waals surface area contributed by atoms with Crippen LogP contribution < -0.4 is 0 Å². The Bertz CT molecular complexity index is 768. The van der Waals surface area contributed by atoms with Crippen molar-refractivity contribution in [3.05, 3.63) is 41.5 Å². The van der Waals surface area contributed by atoms with Gasteiger partial charge in [0.05, 0.1) is 0 Å². The fourth-order valence-electron chi connectivity index (χ4n) is 6.27. The van der Waals surface area contributed by atoms with Crippen LogP contribution in [0.15, 0.2) is 30.4 Å². The van der Waals surface area contributed by atoms with E-state index in [0.29, 0.717) is 11.8 Å². The van der Waals surface area contributed by atoms with E-state index >= 15 is 0 Å². The van der Waals surface area contributed by atoms with Crippen molar-refractivity contribution in [1.29, 1.82) is 0 Å². The molecule has 1 aromatic rings. The minimum atomic E-state index is 0. The topological polar surface area (TPSA) is 40.5 Å². The first kappa shape index (κ1) is 22.4. The number of carbonyl (C=O) groups excluding carboxylic acids is 1. The second-order valence-electron chi connectivity index (χ2n) is 9.79. The van der Waals surface area contributed by atoms with Crippen molar-refractivity contribution < 1.29 is 9.90 Å². The summed E-state index contributed by atoms with van der Waals surface area (Å²) in [6, 6.07) is 6.88. The molecule has 1 N–H and O–H groups in total. The summed E-state index contributed by atoms with van der Waals surface area (Å²) in [6.07, 6.45) is 10.4. The summed E-state index contributed by atoms with van der Waals surface area (Å²) in [5.41, 5.74) is 4.62. The number of benzene rings is 1. The lowest BCUT2D eigenvalue weighted by Crippen LogP contribution is -2.61. The van der Waals surface area contributed by atoms with E-state index in [1.807, 2.05) is 6.07 Å². The van der Waals surface area contributed by atoms with Gasteiger partial charge >= 0.3 is 0 Å². The van der Waals surface area contributed by atoms with Gasteiger partial charge in [-0.15, -0.1) is 12.4 Å². The molecule has 29 heavy (non-hydrogen) atoms. The van der Waals surface area contributed by atoms with Crippen molar-refractivity contribution in [2.45, 2.75) is 76.7 Å². The van der Waals surface area contributed by atoms with Crippen LogP contribution in [0.2, 0.25) is 0 Å². The van der Waals surface area contributed by atoms with E-state index in [1.54, 1.807) is 0 Å². The molecule has 2 saturated carbocycles. The van der Waals surface area contributed by atoms with Crippen LogP contribution in [-0.4, -0.2) is 34.9 Å². The molecule has 1 heterocycles. The molecule has 1 saturated heterocycles. The third-order valence-electron chi connectivity index (χ3n) is 7.64. The van der Waals surface area contributed by atoms with E-state index in [1.165, 1.54) is 88.6 Å². The summed E-state index contributed by atoms with van der Waals surface area (Å²) in [5, 5.41) is 10.1. The number of phenolic OH excluding ortho intramolecular Hbond substituents is 1. The van der Waals surface area contributed by atoms with Crippen molar-refractivity contribution in [1.82, 2.24) is 4.90 Å². The number of hydrogen-bond donors (Lipinski definition) is 1. The first-order valence-corrected chi connectivity index (χ1v) is 11.1. The van der Waals surface area contributed by atoms with Gasteiger partial charge in [-0.3, -0.25) is 4.90 Å². The first-order valence-electron chi connectivity index (χ1n) is 11.1. The summed E-state index contributed by atoms with van der Waals surface area (Å²) < 4.78 is 0. The molecule has 3 fully saturated rings. The number of aromatic hydroxyl groups is 1. The summed E-state index contributed by atoms with van der Waals surface area (Å²) in [4.78, 5) is 12.3. The highest BCUT2D eigenvalue weighted by atomic mass is 35.5. The minimum absolute atomic E-state index is 0. The lowest BCUT2D eigenvalue weighted by molar-refractivity contribution is -0.114. The molecule has 160 valence electrons. The van der Waals surface area contributed by atoms with Crippen molar-refractivity contribution in [3.63, 3.8) is 0 Å². The van der Waals surface area contributed by atoms with E-state index in [0.717, 1.165) is 18.3 Å². The maximum absolute atomic E-state index is 10.1. The summed E-state index contributed by atoms with van der Waals surface area (Å²) in [5.74, 6) is 2.32. The van der Waals surface area contributed by atoms with Crippen LogP contribution in [0.4, 0.5) is 0 Å². The number of likely N-dealkylation sites (tertiary alicyclic amines) is 1. The molecule has 0 amide bonds. The number of Topliss-reactive ketones (excluding diaryl/α,β-unsaturated/α-hetero) is 1. The number of rotatable bonds is 2. The first-order chi connectivity index (χ1) is 13.4. The fourth-order valence-corrected chi connectivity index (χ4v) is 6.27. The standard InChI is InChI=1S/C22H29NO.C3H6O.ClH/c1-15-5-8-19-21-11-17-6-7-18(24)12-20(17)22(19,13-15)9-10-23(21)14-16-3-2-4-16;1-3(2)4;/h6-7,12,16,19,21,24H,1-5,8-11,13-14H2;1-2H3;1H/t19-,21+,22-;;/m0../s1. The molecule has 0 radical (unpaired) electrons. The normalized spacial score (nSPS) is 30.6. The Kier molecular flexibility index (Phi) is 6.80. The molecule has 0 spiro atoms. The van der Waals surface area contributed by atoms with Crippen molar-refractivity contribution >= 4 is 18.2 Å². The molecule has 4 heteroatoms. The van der Waals surface area contributed by atoms with Crippen LogP contribution in [0.3, 0.4) is 0 Å². The van der Waals surface area contributed by atoms with Gasteiger partial charge in [0.25, 0.3) is 0 Å². The number of carbonyl (C=O) groups is 1. The maximum atomic E-state index is 10.1. The number of fused-ring (bicyclic) bond motifs is 1. The average molecular weight is 418 g/mol. The predicted octanol–water partition coefficient (Wildman–Crippen LogP) is 5.43. The Morgan fingerprint density at radius 1 is 1.28 bits per heavy atom. The van der Waals surface area contributed by atoms with E-state index < -0.39 is 0 Å². The van der Waals surface area contributed by atoms with Crippen LogP contribution in [0.1, 0.15) is 69.9 Å². The smallest absolute Gasteiger partial charge is 0.126 e. The minimum Gasteiger partial charge on any atom is -0.508 e. The SMILES string of the molecule is C=C1CC[C@H]2[C@H]3Cc4ccc(O)cc4[C@@]2(CCN3CC2CCC2)C1.CC(C)=O.Cl. The highest BCUT2D eigenvalue weighted by molar-refractivity contribution is 5.85. The Morgan fingerprint density at radius 2 is 2.00 bits per heavy atom. The lowest BCUT2D eigenvalue weighted by atomic mass is 9.51. The molecule has 2 bridgehead atoms. The highest BCUT2D eigenvalue weighted by Crippen LogP contribution is 2.57. The third-order valence-corrected chi connectivity index (χ3v) is 7.64. The second kappa shape index (κ2) is 8.81. The Morgan fingerprint density at radius 3 is 2.66 bits per heavy atom. The number of halogens is 1. The summed E-state index contributed by atoms with van der Waals surface area (Å²) in [6.45, 7) is 9.97. The van der Waals surface area contributed by atoms with Crippen LogP contribution in [0.5, 0.6) is 5.75 Å². The molecule has 3 atom stereocenters. The lowest BCUT2D eigenvalue weighted by Gasteiger charge is -2.60. The Balaban J connectivity index is 0.000000443. The zero-order valence-electron chi connectivity index (χ0n) is 18.0. The molecule has 0 aromatic heterocycles. The molecule has 1 aromatic carbocycles. The third kappa shape index (κ3) is 4.27. The summed E-state index contributed by atoms with van der Waals surface area (Å²) in [7, 11) is 0. The molecule has 5 rings (SSSR count). The van der Waals surface area contributed by atoms with Gasteiger partial charge in [-0.1, -0.05) is 24.6 Å². The van der Waals surface area contributed by atoms with E-state index in [-0.39, 0.29) is 23.6 Å². The van der Waals surface area contributed by atoms with Crippen molar-refractivity contribution in [2.24, 2.45) is 11.8 Å². The zero-order chi connectivity index (χ0) is 19.9. The molecule has 0 unspecified atom stereocenters. The van der Waals surface area contributed by atoms with Gasteiger partial charge in [-0.25, -0.2) is 0 Å². The molecule has 3 aliphatic carbocycles. The average Bonchev–Trinajstić information content (AvgIpc) is 2.59. The number of piperidine rings is 1. The van der Waals surface area contributed by atoms with Gasteiger partial charge in [0.2, 0.25) is 0 Å². The quantitative estimate of drug-likeness (QED) is 0.652. The van der Waals surface area contributed by atoms with Gasteiger partial charge in [0.1, 0.15) is 11.5 Å². The number of allylic oxidation sites excluding steroid dienone is 1. The Labute approximate surface area is 182 Å². The number of hydrogen-bond acceptors (Lipinski definition) is 3. The molecule has 3 nitrogen and oxygen atoms in total. The zero-order valence-corrected chi connectivity index (χ0v) is 18.8. The van der Waals surface area contributed by atoms with Gasteiger partial charge in [0, 0.05) is 18.0 Å². The molecule has 4 aliphatic rings. The van der Waals surface area contributed by atoms with Crippen molar-refractivity contribution in [3.8, 4) is 5.75 Å². The molecule has 1 aliphatic heterocycles. The van der Waals surface area contributed by atoms with E-state index in [9.17, 15) is 9.90 Å². The largest absolute Gasteiger partial charge is 0.508 e. The maximum Gasteiger partial charge on any atom is 0.126 e. The van der Waals surface area contributed by atoms with E-state index in [2.05, 4.69) is 23.6 Å². The molecular formula is C25H36ClNO2. The van der Waals surface area contributed by atoms with Crippen LogP contribution in [-0.2, 0) is 16.6 Å². The molecular weight excluding hydrogens is 382 g/mol. The van der Waals surface area contributed by atoms with Crippen molar-refractivity contribution in [2.75, 3.05) is 13.1 Å². The predicted molar refractivity (Wildman–Crippen MR) is 121 cm³/mol. The fraction of sp³-hybridized carbons (Fsp3) is 0.640. The second-order valence-corrected chi connectivity index (χ2v) is 9.79. The highest BCUT2D eigenvalue weighted by Gasteiger charge is 2.54. The number of nitrogens with zero attached hydrogens (tertiary/aromatic N) is 1. The monoisotopic (exact) mass is 417 g/mol. The van der Waals surface area contributed by atoms with Crippen LogP contribution in [0.25, 0.3) is 0 Å². The summed E-state index contributed by atoms with van der Waals surface area (Å²) >= 11 is 0. The van der Waals surface area contributed by atoms with Gasteiger partial charge in [0.15, 0.2) is 0 Å². The van der Waals surface area contributed by atoms with E-state index in [4.69, 9.17) is 0 Å². The Hall–Kier alpha value is -1.32. The number of phenols is 1. The van der Waals surface area contributed by atoms with Gasteiger partial charge < -0.3 is 9.90 Å². The van der Waals surface area contributed by atoms with Crippen LogP contribution >= 0.6 is 12.4 Å². The van der Waals surface area contributed by atoms with Gasteiger partial charge in [-0.05, 0) is 100 Å². The van der Waals surface area contributed by atoms with Crippen LogP contribution in [0, 0.1) is 11.8 Å². The number of ketones is 1. The van der Waals surface area contributed by atoms with Gasteiger partial charge in [-0.2, -0.15) is 0 Å².